The van der Waals surface area contributed by atoms with Gasteiger partial charge in [-0.25, -0.2) is 4.98 Å². The smallest absolute Gasteiger partial charge is 0.225 e. The minimum Gasteiger partial charge on any atom is -0.490 e. The molecular formula is C25H33ClN4O5. The standard InChI is InChI=1S/C25H33ClN4O5/c1-19-15-21(3-4-22(19)26)34-18-25(16-24(32)29-9-12-33-13-10-29)17-30(11-14-35-25)23(31)5-7-28-8-6-27-20(28)2/h3-4,6,8,15H,5,7,9-14,16-18H2,1-2H3. The Kier molecular flexibility index (Phi) is 8.30. The number of aromatic nitrogens is 2. The van der Waals surface area contributed by atoms with Gasteiger partial charge >= 0.3 is 0 Å². The molecule has 3 heterocycles. The van der Waals surface area contributed by atoms with Crippen molar-refractivity contribution in [1.29, 1.82) is 0 Å². The molecule has 4 rings (SSSR count). The Labute approximate surface area is 210 Å². The lowest BCUT2D eigenvalue weighted by Gasteiger charge is -2.43. The van der Waals surface area contributed by atoms with Crippen molar-refractivity contribution in [1.82, 2.24) is 19.4 Å². The second-order valence-corrected chi connectivity index (χ2v) is 9.54. The second kappa shape index (κ2) is 11.4. The summed E-state index contributed by atoms with van der Waals surface area (Å²) in [5.41, 5.74) is -0.0411. The maximum atomic E-state index is 13.2. The van der Waals surface area contributed by atoms with Gasteiger partial charge in [0.25, 0.3) is 0 Å². The number of hydrogen-bond acceptors (Lipinski definition) is 6. The van der Waals surface area contributed by atoms with Gasteiger partial charge in [0, 0.05) is 50.0 Å². The highest BCUT2D eigenvalue weighted by atomic mass is 35.5. The molecule has 10 heteroatoms. The highest BCUT2D eigenvalue weighted by Gasteiger charge is 2.42. The molecular weight excluding hydrogens is 472 g/mol. The average molecular weight is 505 g/mol. The van der Waals surface area contributed by atoms with Crippen LogP contribution in [-0.2, 0) is 25.6 Å². The number of carbonyl (C=O) groups is 2. The molecule has 0 aliphatic carbocycles. The predicted molar refractivity (Wildman–Crippen MR) is 131 cm³/mol. The molecule has 1 atom stereocenters. The van der Waals surface area contributed by atoms with E-state index in [2.05, 4.69) is 4.98 Å². The zero-order valence-electron chi connectivity index (χ0n) is 20.4. The Hall–Kier alpha value is -2.62. The Morgan fingerprint density at radius 3 is 2.60 bits per heavy atom. The number of hydrogen-bond donors (Lipinski definition) is 0. The minimum atomic E-state index is -0.943. The largest absolute Gasteiger partial charge is 0.490 e. The molecule has 2 amide bonds. The van der Waals surface area contributed by atoms with Gasteiger partial charge in [-0.05, 0) is 37.6 Å². The van der Waals surface area contributed by atoms with E-state index in [1.54, 1.807) is 28.1 Å². The maximum Gasteiger partial charge on any atom is 0.225 e. The summed E-state index contributed by atoms with van der Waals surface area (Å²) in [5.74, 6) is 1.52. The van der Waals surface area contributed by atoms with Gasteiger partial charge in [0.15, 0.2) is 0 Å². The summed E-state index contributed by atoms with van der Waals surface area (Å²) in [7, 11) is 0. The first-order chi connectivity index (χ1) is 16.8. The Bertz CT molecular complexity index is 1040. The van der Waals surface area contributed by atoms with E-state index >= 15 is 0 Å². The van der Waals surface area contributed by atoms with Crippen molar-refractivity contribution in [3.8, 4) is 5.75 Å². The van der Waals surface area contributed by atoms with Crippen LogP contribution in [0.5, 0.6) is 5.75 Å². The Balaban J connectivity index is 1.46. The fourth-order valence-corrected chi connectivity index (χ4v) is 4.56. The van der Waals surface area contributed by atoms with E-state index in [0.29, 0.717) is 63.2 Å². The number of rotatable bonds is 8. The van der Waals surface area contributed by atoms with E-state index in [1.807, 2.05) is 30.7 Å². The van der Waals surface area contributed by atoms with Crippen LogP contribution in [0.15, 0.2) is 30.6 Å². The molecule has 190 valence electrons. The number of morpholine rings is 2. The number of benzene rings is 1. The SMILES string of the molecule is Cc1cc(OCC2(CC(=O)N3CCOCC3)CN(C(=O)CCn3ccnc3C)CCO2)ccc1Cl. The average Bonchev–Trinajstić information content (AvgIpc) is 3.28. The lowest BCUT2D eigenvalue weighted by Crippen LogP contribution is -2.58. The number of ether oxygens (including phenoxy) is 3. The summed E-state index contributed by atoms with van der Waals surface area (Å²) in [4.78, 5) is 34.1. The van der Waals surface area contributed by atoms with Crippen LogP contribution < -0.4 is 4.74 Å². The number of amides is 2. The van der Waals surface area contributed by atoms with Gasteiger partial charge in [-0.3, -0.25) is 9.59 Å². The maximum absolute atomic E-state index is 13.2. The third-order valence-electron chi connectivity index (χ3n) is 6.56. The van der Waals surface area contributed by atoms with Crippen molar-refractivity contribution >= 4 is 23.4 Å². The van der Waals surface area contributed by atoms with Gasteiger partial charge in [-0.2, -0.15) is 0 Å². The molecule has 1 unspecified atom stereocenters. The fraction of sp³-hybridized carbons (Fsp3) is 0.560. The highest BCUT2D eigenvalue weighted by Crippen LogP contribution is 2.28. The van der Waals surface area contributed by atoms with Crippen molar-refractivity contribution in [2.24, 2.45) is 0 Å². The number of aryl methyl sites for hydroxylation is 3. The molecule has 2 aliphatic rings. The van der Waals surface area contributed by atoms with E-state index < -0.39 is 5.60 Å². The van der Waals surface area contributed by atoms with Crippen LogP contribution in [0.25, 0.3) is 0 Å². The molecule has 0 bridgehead atoms. The van der Waals surface area contributed by atoms with Crippen molar-refractivity contribution < 1.29 is 23.8 Å². The molecule has 2 saturated heterocycles. The highest BCUT2D eigenvalue weighted by molar-refractivity contribution is 6.31. The van der Waals surface area contributed by atoms with Crippen LogP contribution >= 0.6 is 11.6 Å². The molecule has 0 saturated carbocycles. The van der Waals surface area contributed by atoms with E-state index in [-0.39, 0.29) is 31.4 Å². The lowest BCUT2D eigenvalue weighted by molar-refractivity contribution is -0.167. The fourth-order valence-electron chi connectivity index (χ4n) is 4.44. The van der Waals surface area contributed by atoms with Crippen LogP contribution in [0.4, 0.5) is 0 Å². The quantitative estimate of drug-likeness (QED) is 0.549. The lowest BCUT2D eigenvalue weighted by atomic mass is 9.96. The van der Waals surface area contributed by atoms with Crippen molar-refractivity contribution in [3.63, 3.8) is 0 Å². The van der Waals surface area contributed by atoms with Gasteiger partial charge in [0.1, 0.15) is 23.8 Å². The van der Waals surface area contributed by atoms with Crippen LogP contribution in [0, 0.1) is 13.8 Å². The monoisotopic (exact) mass is 504 g/mol. The first kappa shape index (κ1) is 25.5. The van der Waals surface area contributed by atoms with Crippen molar-refractivity contribution in [3.05, 3.63) is 47.0 Å². The van der Waals surface area contributed by atoms with Crippen LogP contribution in [0.1, 0.15) is 24.2 Å². The molecule has 2 aromatic rings. The van der Waals surface area contributed by atoms with Crippen LogP contribution in [-0.4, -0.2) is 89.4 Å². The summed E-state index contributed by atoms with van der Waals surface area (Å²) >= 11 is 6.15. The molecule has 0 spiro atoms. The second-order valence-electron chi connectivity index (χ2n) is 9.13. The third kappa shape index (κ3) is 6.54. The van der Waals surface area contributed by atoms with E-state index in [1.165, 1.54) is 0 Å². The Morgan fingerprint density at radius 2 is 1.89 bits per heavy atom. The molecule has 35 heavy (non-hydrogen) atoms. The zero-order valence-corrected chi connectivity index (χ0v) is 21.1. The van der Waals surface area contributed by atoms with Crippen LogP contribution in [0.3, 0.4) is 0 Å². The van der Waals surface area contributed by atoms with Gasteiger partial charge in [-0.15, -0.1) is 0 Å². The number of nitrogens with zero attached hydrogens (tertiary/aromatic N) is 4. The summed E-state index contributed by atoms with van der Waals surface area (Å²) in [5, 5.41) is 0.661. The normalized spacial score (nSPS) is 20.7. The molecule has 0 radical (unpaired) electrons. The van der Waals surface area contributed by atoms with Gasteiger partial charge in [0.2, 0.25) is 11.8 Å². The molecule has 2 fully saturated rings. The number of imidazole rings is 1. The molecule has 9 nitrogen and oxygen atoms in total. The summed E-state index contributed by atoms with van der Waals surface area (Å²) < 4.78 is 19.7. The summed E-state index contributed by atoms with van der Waals surface area (Å²) in [6.07, 6.45) is 4.08. The Morgan fingerprint density at radius 1 is 1.11 bits per heavy atom. The van der Waals surface area contributed by atoms with Crippen LogP contribution in [0.2, 0.25) is 5.02 Å². The van der Waals surface area contributed by atoms with Gasteiger partial charge in [-0.1, -0.05) is 11.6 Å². The van der Waals surface area contributed by atoms with Gasteiger partial charge < -0.3 is 28.6 Å². The summed E-state index contributed by atoms with van der Waals surface area (Å²) in [6, 6.07) is 5.44. The first-order valence-electron chi connectivity index (χ1n) is 12.0. The van der Waals surface area contributed by atoms with E-state index in [4.69, 9.17) is 25.8 Å². The van der Waals surface area contributed by atoms with E-state index in [0.717, 1.165) is 11.4 Å². The topological polar surface area (TPSA) is 86.1 Å². The molecule has 2 aliphatic heterocycles. The molecule has 1 aromatic heterocycles. The minimum absolute atomic E-state index is 0.0203. The predicted octanol–water partition coefficient (Wildman–Crippen LogP) is 2.47. The summed E-state index contributed by atoms with van der Waals surface area (Å²) in [6.45, 7) is 7.80. The van der Waals surface area contributed by atoms with E-state index in [9.17, 15) is 9.59 Å². The van der Waals surface area contributed by atoms with Gasteiger partial charge in [0.05, 0.1) is 32.8 Å². The molecule has 0 N–H and O–H groups in total. The molecule has 1 aromatic carbocycles. The number of carbonyl (C=O) groups excluding carboxylic acids is 2. The first-order valence-corrected chi connectivity index (χ1v) is 12.4. The van der Waals surface area contributed by atoms with Crippen molar-refractivity contribution in [2.45, 2.75) is 38.8 Å². The zero-order chi connectivity index (χ0) is 24.8. The third-order valence-corrected chi connectivity index (χ3v) is 6.98. The van der Waals surface area contributed by atoms with Crippen molar-refractivity contribution in [2.75, 3.05) is 52.6 Å². The number of halogens is 1.